The number of nitrogens with zero attached hydrogens (tertiary/aromatic N) is 2. The summed E-state index contributed by atoms with van der Waals surface area (Å²) in [7, 11) is 1.94. The van der Waals surface area contributed by atoms with Crippen LogP contribution >= 0.6 is 0 Å². The first-order chi connectivity index (χ1) is 6.77. The molecule has 1 aromatic rings. The minimum atomic E-state index is 0.913. The third kappa shape index (κ3) is 1.80. The van der Waals surface area contributed by atoms with Gasteiger partial charge in [-0.15, -0.1) is 0 Å². The molecule has 0 aliphatic carbocycles. The lowest BCUT2D eigenvalue weighted by Gasteiger charge is -2.22. The van der Waals surface area contributed by atoms with E-state index in [0.29, 0.717) is 0 Å². The largest absolute Gasteiger partial charge is 0.367 e. The number of hydrogen-bond donors (Lipinski definition) is 2. The van der Waals surface area contributed by atoms with Crippen LogP contribution in [0.25, 0.3) is 0 Å². The molecule has 2 N–H and O–H groups in total. The van der Waals surface area contributed by atoms with Crippen molar-refractivity contribution in [1.82, 2.24) is 15.1 Å². The highest BCUT2D eigenvalue weighted by molar-refractivity contribution is 5.36. The number of rotatable bonds is 3. The summed E-state index contributed by atoms with van der Waals surface area (Å²) in [6.07, 6.45) is 1.80. The van der Waals surface area contributed by atoms with Gasteiger partial charge in [0.1, 0.15) is 5.82 Å². The summed E-state index contributed by atoms with van der Waals surface area (Å²) in [5.74, 6) is 1.07. The Hall–Kier alpha value is -1.29. The van der Waals surface area contributed by atoms with Crippen molar-refractivity contribution < 1.29 is 0 Å². The monoisotopic (exact) mass is 192 g/mol. The van der Waals surface area contributed by atoms with E-state index in [4.69, 9.17) is 0 Å². The summed E-state index contributed by atoms with van der Waals surface area (Å²) in [6, 6.07) is 1.98. The fourth-order valence-electron chi connectivity index (χ4n) is 1.45. The Labute approximate surface area is 84.0 Å². The first kappa shape index (κ1) is 9.27. The summed E-state index contributed by atoms with van der Waals surface area (Å²) in [5.41, 5.74) is 2.96. The van der Waals surface area contributed by atoms with Gasteiger partial charge < -0.3 is 10.6 Å². The van der Waals surface area contributed by atoms with Crippen molar-refractivity contribution in [2.45, 2.75) is 6.92 Å². The van der Waals surface area contributed by atoms with Gasteiger partial charge in [0, 0.05) is 32.7 Å². The Morgan fingerprint density at radius 2 is 2.43 bits per heavy atom. The van der Waals surface area contributed by atoms with Crippen LogP contribution in [-0.4, -0.2) is 29.4 Å². The van der Waals surface area contributed by atoms with Gasteiger partial charge in [-0.1, -0.05) is 5.57 Å². The lowest BCUT2D eigenvalue weighted by atomic mass is 10.0. The van der Waals surface area contributed by atoms with Crippen LogP contribution in [0.4, 0.5) is 5.82 Å². The van der Waals surface area contributed by atoms with E-state index in [-0.39, 0.29) is 0 Å². The van der Waals surface area contributed by atoms with Gasteiger partial charge in [-0.25, -0.2) is 0 Å². The van der Waals surface area contributed by atoms with Crippen molar-refractivity contribution in [3.05, 3.63) is 23.4 Å². The molecule has 0 spiro atoms. The van der Waals surface area contributed by atoms with Crippen LogP contribution in [0.15, 0.2) is 23.4 Å². The molecule has 1 aromatic heterocycles. The molecule has 1 saturated heterocycles. The van der Waals surface area contributed by atoms with Crippen LogP contribution in [0.2, 0.25) is 0 Å². The molecule has 4 heteroatoms. The molecule has 0 atom stereocenters. The quantitative estimate of drug-likeness (QED) is 0.694. The zero-order valence-electron chi connectivity index (χ0n) is 8.67. The fourth-order valence-corrected chi connectivity index (χ4v) is 1.45. The number of hydrogen-bond acceptors (Lipinski definition) is 3. The minimum Gasteiger partial charge on any atom is -0.367 e. The van der Waals surface area contributed by atoms with Crippen LogP contribution in [0.1, 0.15) is 6.92 Å². The van der Waals surface area contributed by atoms with Crippen molar-refractivity contribution in [2.24, 2.45) is 7.05 Å². The maximum atomic E-state index is 4.10. The Bertz CT molecular complexity index is 345. The third-order valence-electron chi connectivity index (χ3n) is 2.64. The van der Waals surface area contributed by atoms with Crippen LogP contribution in [0.5, 0.6) is 0 Å². The van der Waals surface area contributed by atoms with Gasteiger partial charge in [-0.3, -0.25) is 4.68 Å². The Kier molecular flexibility index (Phi) is 2.54. The van der Waals surface area contributed by atoms with E-state index < -0.39 is 0 Å². The van der Waals surface area contributed by atoms with E-state index >= 15 is 0 Å². The summed E-state index contributed by atoms with van der Waals surface area (Å²) in [4.78, 5) is 0. The molecular formula is C10H16N4. The second-order valence-electron chi connectivity index (χ2n) is 3.68. The molecule has 0 unspecified atom stereocenters. The summed E-state index contributed by atoms with van der Waals surface area (Å²) in [6.45, 7) is 5.20. The number of nitrogens with one attached hydrogen (secondary N) is 2. The van der Waals surface area contributed by atoms with Crippen molar-refractivity contribution in [3.63, 3.8) is 0 Å². The van der Waals surface area contributed by atoms with Crippen LogP contribution in [0.3, 0.4) is 0 Å². The molecule has 2 heterocycles. The van der Waals surface area contributed by atoms with Crippen LogP contribution < -0.4 is 10.6 Å². The zero-order chi connectivity index (χ0) is 9.97. The summed E-state index contributed by atoms with van der Waals surface area (Å²) in [5, 5.41) is 10.7. The Balaban J connectivity index is 1.91. The summed E-state index contributed by atoms with van der Waals surface area (Å²) < 4.78 is 1.84. The molecule has 1 aliphatic rings. The van der Waals surface area contributed by atoms with Gasteiger partial charge >= 0.3 is 0 Å². The second-order valence-corrected chi connectivity index (χ2v) is 3.68. The highest BCUT2D eigenvalue weighted by Gasteiger charge is 2.10. The smallest absolute Gasteiger partial charge is 0.124 e. The van der Waals surface area contributed by atoms with Crippen molar-refractivity contribution in [1.29, 1.82) is 0 Å². The van der Waals surface area contributed by atoms with E-state index in [0.717, 1.165) is 25.5 Å². The van der Waals surface area contributed by atoms with Crippen molar-refractivity contribution >= 4 is 5.82 Å². The molecule has 0 saturated carbocycles. The van der Waals surface area contributed by atoms with Crippen molar-refractivity contribution in [2.75, 3.05) is 25.0 Å². The average molecular weight is 192 g/mol. The van der Waals surface area contributed by atoms with Crippen molar-refractivity contribution in [3.8, 4) is 0 Å². The van der Waals surface area contributed by atoms with E-state index in [2.05, 4.69) is 22.7 Å². The predicted octanol–water partition coefficient (Wildman–Crippen LogP) is 0.752. The van der Waals surface area contributed by atoms with Gasteiger partial charge in [0.2, 0.25) is 0 Å². The number of aromatic nitrogens is 2. The van der Waals surface area contributed by atoms with Gasteiger partial charge in [0.05, 0.1) is 6.20 Å². The van der Waals surface area contributed by atoms with E-state index in [9.17, 15) is 0 Å². The van der Waals surface area contributed by atoms with Gasteiger partial charge in [-0.05, 0) is 12.5 Å². The first-order valence-electron chi connectivity index (χ1n) is 4.87. The third-order valence-corrected chi connectivity index (χ3v) is 2.64. The average Bonchev–Trinajstić information content (AvgIpc) is 2.44. The number of aryl methyl sites for hydroxylation is 1. The molecule has 2 rings (SSSR count). The van der Waals surface area contributed by atoms with Gasteiger partial charge in [0.25, 0.3) is 0 Å². The van der Waals surface area contributed by atoms with E-state index in [1.165, 1.54) is 11.1 Å². The highest BCUT2D eigenvalue weighted by Crippen LogP contribution is 2.10. The Morgan fingerprint density at radius 3 is 2.93 bits per heavy atom. The molecule has 1 fully saturated rings. The second kappa shape index (κ2) is 3.84. The fraction of sp³-hybridized carbons (Fsp3) is 0.500. The lowest BCUT2D eigenvalue weighted by molar-refractivity contribution is 0.655. The molecule has 14 heavy (non-hydrogen) atoms. The summed E-state index contributed by atoms with van der Waals surface area (Å²) >= 11 is 0. The molecule has 76 valence electrons. The molecular weight excluding hydrogens is 176 g/mol. The molecule has 0 bridgehead atoms. The van der Waals surface area contributed by atoms with Gasteiger partial charge in [0.15, 0.2) is 0 Å². The predicted molar refractivity (Wildman–Crippen MR) is 57.3 cm³/mol. The van der Waals surface area contributed by atoms with E-state index in [1.807, 2.05) is 17.8 Å². The molecule has 4 nitrogen and oxygen atoms in total. The zero-order valence-corrected chi connectivity index (χ0v) is 8.67. The minimum absolute atomic E-state index is 0.913. The highest BCUT2D eigenvalue weighted by atomic mass is 15.3. The molecule has 0 radical (unpaired) electrons. The SMILES string of the molecule is CC(CNc1ccnn1C)=C1CNC1. The maximum absolute atomic E-state index is 4.10. The lowest BCUT2D eigenvalue weighted by Crippen LogP contribution is -2.35. The normalized spacial score (nSPS) is 15.1. The van der Waals surface area contributed by atoms with Crippen LogP contribution in [-0.2, 0) is 7.05 Å². The Morgan fingerprint density at radius 1 is 1.64 bits per heavy atom. The van der Waals surface area contributed by atoms with Crippen LogP contribution in [0, 0.1) is 0 Å². The van der Waals surface area contributed by atoms with Gasteiger partial charge in [-0.2, -0.15) is 5.10 Å². The molecule has 1 aliphatic heterocycles. The topological polar surface area (TPSA) is 41.9 Å². The van der Waals surface area contributed by atoms with E-state index in [1.54, 1.807) is 6.20 Å². The number of anilines is 1. The first-order valence-corrected chi connectivity index (χ1v) is 4.87. The molecule has 0 amide bonds. The molecule has 0 aromatic carbocycles. The maximum Gasteiger partial charge on any atom is 0.124 e. The standard InChI is InChI=1S/C10H16N4/c1-8(9-6-11-7-9)5-12-10-3-4-13-14(10)2/h3-4,11-12H,5-7H2,1-2H3.